The van der Waals surface area contributed by atoms with Gasteiger partial charge in [-0.25, -0.2) is 0 Å². The van der Waals surface area contributed by atoms with Crippen LogP contribution in [0.4, 0.5) is 5.69 Å². The summed E-state index contributed by atoms with van der Waals surface area (Å²) < 4.78 is 15.6. The molecule has 0 aliphatic heterocycles. The molecule has 3 aromatic rings. The summed E-state index contributed by atoms with van der Waals surface area (Å²) in [4.78, 5) is 14.6. The Kier molecular flexibility index (Phi) is 3.57. The van der Waals surface area contributed by atoms with Crippen LogP contribution in [-0.2, 0) is 6.61 Å². The van der Waals surface area contributed by atoms with Crippen molar-refractivity contribution in [1.82, 2.24) is 10.1 Å². The zero-order valence-electron chi connectivity index (χ0n) is 11.6. The fraction of sp³-hybridized carbons (Fsp3) is 0.143. The molecule has 0 radical (unpaired) electrons. The van der Waals surface area contributed by atoms with E-state index in [-0.39, 0.29) is 23.9 Å². The van der Waals surface area contributed by atoms with Crippen LogP contribution in [0.2, 0.25) is 0 Å². The van der Waals surface area contributed by atoms with Gasteiger partial charge in [0.15, 0.2) is 18.1 Å². The van der Waals surface area contributed by atoms with Crippen molar-refractivity contribution in [3.8, 4) is 17.3 Å². The second-order valence-electron chi connectivity index (χ2n) is 4.51. The van der Waals surface area contributed by atoms with Crippen LogP contribution >= 0.6 is 0 Å². The molecule has 0 saturated carbocycles. The molecule has 0 aliphatic rings. The highest BCUT2D eigenvalue weighted by molar-refractivity contribution is 5.48. The molecule has 3 rings (SSSR count). The third-order valence-corrected chi connectivity index (χ3v) is 2.87. The normalized spacial score (nSPS) is 10.6. The number of nitrogens with zero attached hydrogens (tertiary/aromatic N) is 3. The quantitative estimate of drug-likeness (QED) is 0.526. The predicted molar refractivity (Wildman–Crippen MR) is 74.2 cm³/mol. The molecule has 0 aliphatic carbocycles. The summed E-state index contributed by atoms with van der Waals surface area (Å²) in [5.41, 5.74) is 0.669. The van der Waals surface area contributed by atoms with Crippen molar-refractivity contribution >= 4 is 5.69 Å². The molecule has 0 fully saturated rings. The third kappa shape index (κ3) is 2.80. The number of hydrogen-bond donors (Lipinski definition) is 0. The van der Waals surface area contributed by atoms with Crippen LogP contribution in [0.25, 0.3) is 11.6 Å². The topological polar surface area (TPSA) is 104 Å². The van der Waals surface area contributed by atoms with Crippen LogP contribution < -0.4 is 4.74 Å². The molecule has 0 atom stereocenters. The highest BCUT2D eigenvalue weighted by atomic mass is 16.6. The molecule has 1 aromatic carbocycles. The number of nitro benzene ring substituents is 1. The van der Waals surface area contributed by atoms with Crippen LogP contribution in [0.5, 0.6) is 5.75 Å². The maximum Gasteiger partial charge on any atom is 0.311 e. The van der Waals surface area contributed by atoms with Gasteiger partial charge in [-0.2, -0.15) is 4.98 Å². The first-order valence-corrected chi connectivity index (χ1v) is 6.38. The highest BCUT2D eigenvalue weighted by Crippen LogP contribution is 2.28. The summed E-state index contributed by atoms with van der Waals surface area (Å²) in [6.45, 7) is 1.70. The lowest BCUT2D eigenvalue weighted by atomic mass is 10.2. The van der Waals surface area contributed by atoms with Crippen molar-refractivity contribution in [3.63, 3.8) is 0 Å². The lowest BCUT2D eigenvalue weighted by Crippen LogP contribution is -1.99. The molecular weight excluding hydrogens is 290 g/mol. The van der Waals surface area contributed by atoms with E-state index in [1.165, 1.54) is 18.4 Å². The smallest absolute Gasteiger partial charge is 0.311 e. The lowest BCUT2D eigenvalue weighted by Gasteiger charge is -2.04. The molecule has 0 bridgehead atoms. The minimum absolute atomic E-state index is 0.0718. The number of rotatable bonds is 5. The molecule has 22 heavy (non-hydrogen) atoms. The van der Waals surface area contributed by atoms with Gasteiger partial charge in [-0.05, 0) is 30.7 Å². The molecule has 0 saturated heterocycles. The molecule has 0 N–H and O–H groups in total. The van der Waals surface area contributed by atoms with E-state index in [9.17, 15) is 10.1 Å². The summed E-state index contributed by atoms with van der Waals surface area (Å²) >= 11 is 0. The Balaban J connectivity index is 1.74. The van der Waals surface area contributed by atoms with Gasteiger partial charge in [-0.1, -0.05) is 11.2 Å². The Morgan fingerprint density at radius 3 is 2.95 bits per heavy atom. The number of hydrogen-bond acceptors (Lipinski definition) is 7. The first-order valence-electron chi connectivity index (χ1n) is 6.38. The van der Waals surface area contributed by atoms with Gasteiger partial charge in [0, 0.05) is 6.07 Å². The van der Waals surface area contributed by atoms with Gasteiger partial charge in [0.25, 0.3) is 5.89 Å². The van der Waals surface area contributed by atoms with Gasteiger partial charge in [0.1, 0.15) is 0 Å². The minimum atomic E-state index is -0.496. The summed E-state index contributed by atoms with van der Waals surface area (Å²) in [6, 6.07) is 8.11. The average Bonchev–Trinajstić information content (AvgIpc) is 3.16. The molecule has 0 unspecified atom stereocenters. The molecule has 0 amide bonds. The number of ether oxygens (including phenoxy) is 1. The number of aromatic nitrogens is 2. The van der Waals surface area contributed by atoms with Crippen LogP contribution in [0.1, 0.15) is 11.5 Å². The number of benzene rings is 1. The van der Waals surface area contributed by atoms with E-state index >= 15 is 0 Å². The Hall–Kier alpha value is -3.16. The van der Waals surface area contributed by atoms with E-state index in [2.05, 4.69) is 10.1 Å². The van der Waals surface area contributed by atoms with Crippen LogP contribution in [0.15, 0.2) is 45.5 Å². The third-order valence-electron chi connectivity index (χ3n) is 2.87. The SMILES string of the molecule is Cc1ccc(OCc2nc(-c3ccco3)no2)c([N+](=O)[O-])c1. The second kappa shape index (κ2) is 5.68. The van der Waals surface area contributed by atoms with Gasteiger partial charge in [0.2, 0.25) is 5.82 Å². The zero-order chi connectivity index (χ0) is 15.5. The summed E-state index contributed by atoms with van der Waals surface area (Å²) in [6.07, 6.45) is 1.50. The van der Waals surface area contributed by atoms with Crippen molar-refractivity contribution in [2.45, 2.75) is 13.5 Å². The molecule has 8 heteroatoms. The lowest BCUT2D eigenvalue weighted by molar-refractivity contribution is -0.386. The van der Waals surface area contributed by atoms with E-state index < -0.39 is 4.92 Å². The van der Waals surface area contributed by atoms with Gasteiger partial charge < -0.3 is 13.7 Å². The van der Waals surface area contributed by atoms with Crippen LogP contribution in [-0.4, -0.2) is 15.1 Å². The Morgan fingerprint density at radius 2 is 2.23 bits per heavy atom. The first-order chi connectivity index (χ1) is 10.6. The highest BCUT2D eigenvalue weighted by Gasteiger charge is 2.17. The van der Waals surface area contributed by atoms with Gasteiger partial charge in [0.05, 0.1) is 11.2 Å². The van der Waals surface area contributed by atoms with E-state index in [4.69, 9.17) is 13.7 Å². The first kappa shape index (κ1) is 13.8. The van der Waals surface area contributed by atoms with Crippen molar-refractivity contribution in [2.75, 3.05) is 0 Å². The summed E-state index contributed by atoms with van der Waals surface area (Å²) in [5.74, 6) is 1.10. The monoisotopic (exact) mass is 301 g/mol. The van der Waals surface area contributed by atoms with Crippen LogP contribution in [0.3, 0.4) is 0 Å². The van der Waals surface area contributed by atoms with Gasteiger partial charge in [-0.15, -0.1) is 0 Å². The molecule has 112 valence electrons. The largest absolute Gasteiger partial charge is 0.477 e. The average molecular weight is 301 g/mol. The minimum Gasteiger partial charge on any atom is -0.477 e. The van der Waals surface area contributed by atoms with Crippen molar-refractivity contribution in [3.05, 3.63) is 58.2 Å². The van der Waals surface area contributed by atoms with E-state index in [1.807, 2.05) is 0 Å². The maximum absolute atomic E-state index is 11.0. The Morgan fingerprint density at radius 1 is 1.36 bits per heavy atom. The van der Waals surface area contributed by atoms with Crippen molar-refractivity contribution in [1.29, 1.82) is 0 Å². The van der Waals surface area contributed by atoms with Gasteiger partial charge in [-0.3, -0.25) is 10.1 Å². The fourth-order valence-electron chi connectivity index (χ4n) is 1.85. The Bertz CT molecular complexity index is 795. The van der Waals surface area contributed by atoms with E-state index in [1.54, 1.807) is 25.1 Å². The number of aryl methyl sites for hydroxylation is 1. The molecule has 8 nitrogen and oxygen atoms in total. The second-order valence-corrected chi connectivity index (χ2v) is 4.51. The van der Waals surface area contributed by atoms with Crippen molar-refractivity contribution < 1.29 is 18.6 Å². The van der Waals surface area contributed by atoms with Crippen LogP contribution in [0, 0.1) is 17.0 Å². The molecular formula is C14H11N3O5. The Labute approximate surface area is 124 Å². The number of furan rings is 1. The molecule has 2 aromatic heterocycles. The van der Waals surface area contributed by atoms with Crippen molar-refractivity contribution in [2.24, 2.45) is 0 Å². The van der Waals surface area contributed by atoms with Gasteiger partial charge >= 0.3 is 5.69 Å². The predicted octanol–water partition coefficient (Wildman–Crippen LogP) is 3.13. The summed E-state index contributed by atoms with van der Waals surface area (Å²) in [5, 5.41) is 14.8. The maximum atomic E-state index is 11.0. The van der Waals surface area contributed by atoms with E-state index in [0.717, 1.165) is 5.56 Å². The molecule has 0 spiro atoms. The summed E-state index contributed by atoms with van der Waals surface area (Å²) in [7, 11) is 0. The standard InChI is InChI=1S/C14H11N3O5/c1-9-4-5-11(10(7-9)17(18)19)21-8-13-15-14(16-22-13)12-3-2-6-20-12/h2-7H,8H2,1H3. The number of nitro groups is 1. The fourth-order valence-corrected chi connectivity index (χ4v) is 1.85. The molecule has 2 heterocycles. The zero-order valence-corrected chi connectivity index (χ0v) is 11.6. The van der Waals surface area contributed by atoms with E-state index in [0.29, 0.717) is 11.6 Å².